The van der Waals surface area contributed by atoms with Gasteiger partial charge in [-0.15, -0.1) is 0 Å². The number of carbonyl (C=O) groups excluding carboxylic acids is 3. The van der Waals surface area contributed by atoms with Gasteiger partial charge in [-0.2, -0.15) is 0 Å². The van der Waals surface area contributed by atoms with Crippen LogP contribution in [0.25, 0.3) is 0 Å². The maximum Gasteiger partial charge on any atom is 0.328 e. The van der Waals surface area contributed by atoms with Gasteiger partial charge in [0.1, 0.15) is 18.1 Å². The van der Waals surface area contributed by atoms with E-state index in [1.807, 2.05) is 0 Å². The highest BCUT2D eigenvalue weighted by Crippen LogP contribution is 2.05. The fourth-order valence-electron chi connectivity index (χ4n) is 2.19. The van der Waals surface area contributed by atoms with Crippen LogP contribution in [0.3, 0.4) is 0 Å². The summed E-state index contributed by atoms with van der Waals surface area (Å²) in [5.74, 6) is -3.83. The number of amides is 2. The summed E-state index contributed by atoms with van der Waals surface area (Å²) in [5, 5.41) is 22.5. The highest BCUT2D eigenvalue weighted by Gasteiger charge is 2.28. The van der Waals surface area contributed by atoms with Crippen LogP contribution in [0.15, 0.2) is 30.3 Å². The minimum absolute atomic E-state index is 0.152. The lowest BCUT2D eigenvalue weighted by Gasteiger charge is -2.19. The average molecular weight is 381 g/mol. The number of rotatable bonds is 10. The van der Waals surface area contributed by atoms with Crippen LogP contribution in [-0.2, 0) is 30.3 Å². The summed E-state index contributed by atoms with van der Waals surface area (Å²) in [6, 6.07) is 4.97. The monoisotopic (exact) mass is 381 g/mol. The molecule has 0 saturated carbocycles. The molecule has 0 unspecified atom stereocenters. The Morgan fingerprint density at radius 2 is 1.74 bits per heavy atom. The molecule has 1 rings (SSSR count). The molecule has 6 N–H and O–H groups in total. The van der Waals surface area contributed by atoms with Gasteiger partial charge in [0.15, 0.2) is 0 Å². The second-order valence-corrected chi connectivity index (χ2v) is 5.73. The first kappa shape index (κ1) is 22.1. The van der Waals surface area contributed by atoms with E-state index in [0.29, 0.717) is 0 Å². The third-order valence-corrected chi connectivity index (χ3v) is 3.64. The number of ether oxygens (including phenoxy) is 1. The highest BCUT2D eigenvalue weighted by molar-refractivity contribution is 5.91. The average Bonchev–Trinajstić information content (AvgIpc) is 2.66. The maximum absolute atomic E-state index is 12.2. The highest BCUT2D eigenvalue weighted by atomic mass is 16.5. The Labute approximate surface area is 155 Å². The number of aliphatic hydroxyl groups is 1. The van der Waals surface area contributed by atoms with Crippen LogP contribution < -0.4 is 16.4 Å². The molecule has 0 saturated heterocycles. The largest absolute Gasteiger partial charge is 0.480 e. The molecule has 0 aliphatic rings. The minimum atomic E-state index is -1.56. The number of carbonyl (C=O) groups is 4. The van der Waals surface area contributed by atoms with E-state index in [1.54, 1.807) is 30.3 Å². The van der Waals surface area contributed by atoms with E-state index in [4.69, 9.17) is 15.9 Å². The lowest BCUT2D eigenvalue weighted by Crippen LogP contribution is -2.52. The molecule has 0 bridgehead atoms. The zero-order chi connectivity index (χ0) is 20.4. The number of nitrogens with two attached hydrogens (primary N) is 1. The molecule has 0 heterocycles. The lowest BCUT2D eigenvalue weighted by atomic mass is 10.1. The van der Waals surface area contributed by atoms with Gasteiger partial charge in [0.25, 0.3) is 0 Å². The predicted molar refractivity (Wildman–Crippen MR) is 93.3 cm³/mol. The number of aliphatic carboxylic acids is 1. The number of methoxy groups -OCH3 is 1. The molecule has 0 fully saturated rings. The molecule has 27 heavy (non-hydrogen) atoms. The molecule has 2 amide bonds. The van der Waals surface area contributed by atoms with Crippen molar-refractivity contribution >= 4 is 23.8 Å². The zero-order valence-corrected chi connectivity index (χ0v) is 14.8. The van der Waals surface area contributed by atoms with E-state index in [0.717, 1.165) is 5.56 Å². The zero-order valence-electron chi connectivity index (χ0n) is 14.8. The van der Waals surface area contributed by atoms with Gasteiger partial charge >= 0.3 is 11.9 Å². The first-order valence-electron chi connectivity index (χ1n) is 8.09. The summed E-state index contributed by atoms with van der Waals surface area (Å²) in [6.07, 6.45) is -0.472. The van der Waals surface area contributed by atoms with Gasteiger partial charge in [0.05, 0.1) is 20.1 Å². The Morgan fingerprint density at radius 3 is 2.26 bits per heavy atom. The van der Waals surface area contributed by atoms with Crippen LogP contribution in [0.1, 0.15) is 12.0 Å². The Balaban J connectivity index is 2.76. The smallest absolute Gasteiger partial charge is 0.328 e. The maximum atomic E-state index is 12.2. The van der Waals surface area contributed by atoms with Crippen LogP contribution >= 0.6 is 0 Å². The standard InChI is InChI=1S/C17H23N3O7/c1-27-17(26)13(7-10-5-3-2-4-6-10)19-14(22)8-12(16(24)25)20-15(23)11(18)9-21/h2-6,11-13,21H,7-9,18H2,1H3,(H,19,22)(H,20,23)(H,24,25)/t11-,12+,13+/m1/s1. The topological polar surface area (TPSA) is 168 Å². The molecular weight excluding hydrogens is 358 g/mol. The first-order chi connectivity index (χ1) is 12.8. The molecule has 0 aliphatic carbocycles. The third kappa shape index (κ3) is 7.42. The summed E-state index contributed by atoms with van der Waals surface area (Å²) >= 11 is 0. The Bertz CT molecular complexity index is 666. The van der Waals surface area contributed by atoms with Crippen LogP contribution in [0.4, 0.5) is 0 Å². The van der Waals surface area contributed by atoms with Crippen LogP contribution in [0.5, 0.6) is 0 Å². The number of esters is 1. The van der Waals surface area contributed by atoms with Crippen molar-refractivity contribution in [1.29, 1.82) is 0 Å². The second-order valence-electron chi connectivity index (χ2n) is 5.73. The van der Waals surface area contributed by atoms with E-state index >= 15 is 0 Å². The van der Waals surface area contributed by atoms with Crippen molar-refractivity contribution in [2.45, 2.75) is 31.0 Å². The number of hydrogen-bond donors (Lipinski definition) is 5. The van der Waals surface area contributed by atoms with Gasteiger partial charge in [0.2, 0.25) is 11.8 Å². The number of nitrogens with one attached hydrogen (secondary N) is 2. The number of aliphatic hydroxyl groups excluding tert-OH is 1. The van der Waals surface area contributed by atoms with Gasteiger partial charge in [-0.25, -0.2) is 9.59 Å². The van der Waals surface area contributed by atoms with Crippen LogP contribution in [0.2, 0.25) is 0 Å². The lowest BCUT2D eigenvalue weighted by molar-refractivity contribution is -0.146. The van der Waals surface area contributed by atoms with Gasteiger partial charge < -0.3 is 31.3 Å². The van der Waals surface area contributed by atoms with Crippen molar-refractivity contribution in [3.8, 4) is 0 Å². The molecule has 0 radical (unpaired) electrons. The van der Waals surface area contributed by atoms with E-state index in [-0.39, 0.29) is 6.42 Å². The summed E-state index contributed by atoms with van der Waals surface area (Å²) < 4.78 is 4.66. The summed E-state index contributed by atoms with van der Waals surface area (Å²) in [7, 11) is 1.17. The molecule has 10 heteroatoms. The fraction of sp³-hybridized carbons (Fsp3) is 0.412. The van der Waals surface area contributed by atoms with Gasteiger partial charge in [-0.1, -0.05) is 30.3 Å². The molecule has 1 aromatic rings. The number of carboxylic acid groups (broad SMARTS) is 1. The Hall–Kier alpha value is -2.98. The van der Waals surface area contributed by atoms with Crippen LogP contribution in [0, 0.1) is 0 Å². The molecule has 0 aliphatic heterocycles. The van der Waals surface area contributed by atoms with Gasteiger partial charge in [-0.3, -0.25) is 9.59 Å². The minimum Gasteiger partial charge on any atom is -0.480 e. The molecule has 0 aromatic heterocycles. The molecule has 1 aromatic carbocycles. The molecule has 10 nitrogen and oxygen atoms in total. The van der Waals surface area contributed by atoms with Crippen molar-refractivity contribution in [3.63, 3.8) is 0 Å². The van der Waals surface area contributed by atoms with Crippen molar-refractivity contribution in [2.75, 3.05) is 13.7 Å². The Morgan fingerprint density at radius 1 is 1.11 bits per heavy atom. The molecular formula is C17H23N3O7. The predicted octanol–water partition coefficient (Wildman–Crippen LogP) is -1.83. The quantitative estimate of drug-likeness (QED) is 0.295. The van der Waals surface area contributed by atoms with E-state index in [9.17, 15) is 19.2 Å². The van der Waals surface area contributed by atoms with Crippen molar-refractivity contribution in [1.82, 2.24) is 10.6 Å². The van der Waals surface area contributed by atoms with E-state index in [2.05, 4.69) is 15.4 Å². The summed E-state index contributed by atoms with van der Waals surface area (Å²) in [4.78, 5) is 47.0. The molecule has 0 spiro atoms. The summed E-state index contributed by atoms with van der Waals surface area (Å²) in [5.41, 5.74) is 6.07. The Kier molecular flexibility index (Phi) is 8.90. The normalized spacial score (nSPS) is 13.7. The van der Waals surface area contributed by atoms with Crippen molar-refractivity contribution in [3.05, 3.63) is 35.9 Å². The molecule has 3 atom stereocenters. The van der Waals surface area contributed by atoms with Gasteiger partial charge in [0, 0.05) is 6.42 Å². The second kappa shape index (κ2) is 10.9. The fourth-order valence-corrected chi connectivity index (χ4v) is 2.19. The number of benzene rings is 1. The SMILES string of the molecule is COC(=O)[C@H](Cc1ccccc1)NC(=O)C[C@H](NC(=O)[C@H](N)CO)C(=O)O. The first-order valence-corrected chi connectivity index (χ1v) is 8.09. The van der Waals surface area contributed by atoms with Crippen molar-refractivity contribution < 1.29 is 34.1 Å². The van der Waals surface area contributed by atoms with E-state index < -0.39 is 54.9 Å². The van der Waals surface area contributed by atoms with Crippen molar-refractivity contribution in [2.24, 2.45) is 5.73 Å². The molecule has 148 valence electrons. The number of hydrogen-bond acceptors (Lipinski definition) is 7. The summed E-state index contributed by atoms with van der Waals surface area (Å²) in [6.45, 7) is -0.675. The van der Waals surface area contributed by atoms with Gasteiger partial charge in [-0.05, 0) is 5.56 Å². The van der Waals surface area contributed by atoms with Crippen LogP contribution in [-0.4, -0.2) is 65.8 Å². The van der Waals surface area contributed by atoms with E-state index in [1.165, 1.54) is 7.11 Å². The number of carboxylic acids is 1. The third-order valence-electron chi connectivity index (χ3n) is 3.64.